The van der Waals surface area contributed by atoms with Gasteiger partial charge in [-0.2, -0.15) is 0 Å². The highest BCUT2D eigenvalue weighted by Crippen LogP contribution is 2.39. The minimum absolute atomic E-state index is 0.101. The summed E-state index contributed by atoms with van der Waals surface area (Å²) in [7, 11) is 0. The maximum atomic E-state index is 13.1. The number of aromatic amines is 1. The van der Waals surface area contributed by atoms with Crippen molar-refractivity contribution in [3.8, 4) is 5.75 Å². The number of hydrogen-bond donors (Lipinski definition) is 2. The Morgan fingerprint density at radius 2 is 1.88 bits per heavy atom. The Bertz CT molecular complexity index is 1170. The number of rotatable bonds is 9. The average Bonchev–Trinajstić information content (AvgIpc) is 3.45. The number of likely N-dealkylation sites (tertiary alicyclic amines) is 1. The highest BCUT2D eigenvalue weighted by atomic mass is 79.9. The highest BCUT2D eigenvalue weighted by molar-refractivity contribution is 9.10. The van der Waals surface area contributed by atoms with E-state index in [2.05, 4.69) is 20.9 Å². The minimum Gasteiger partial charge on any atom is -0.507 e. The number of hydrogen-bond acceptors (Lipinski definition) is 4. The van der Waals surface area contributed by atoms with Crippen LogP contribution < -0.4 is 9.30 Å². The zero-order valence-corrected chi connectivity index (χ0v) is 20.5. The van der Waals surface area contributed by atoms with E-state index in [-0.39, 0.29) is 11.3 Å². The number of nitrogens with one attached hydrogen (secondary N) is 1. The summed E-state index contributed by atoms with van der Waals surface area (Å²) < 4.78 is 8.48. The number of carbonyl (C=O) groups is 2. The van der Waals surface area contributed by atoms with Gasteiger partial charge in [0, 0.05) is 23.0 Å². The van der Waals surface area contributed by atoms with Gasteiger partial charge in [-0.3, -0.25) is 14.6 Å². The first-order valence-electron chi connectivity index (χ1n) is 11.3. The van der Waals surface area contributed by atoms with Crippen LogP contribution in [-0.4, -0.2) is 39.8 Å². The number of ether oxygens (including phenoxy) is 1. The third kappa shape index (κ3) is 5.07. The van der Waals surface area contributed by atoms with Crippen molar-refractivity contribution >= 4 is 33.4 Å². The molecule has 1 fully saturated rings. The molecule has 34 heavy (non-hydrogen) atoms. The molecule has 1 aliphatic rings. The standard InChI is InChI=1S/C26H26BrN3O4/c1-2-16-34-21-10-6-19(7-11-21)24(31)22-23(18-4-8-20(27)9-5-18)30(26(33)25(22)32)14-3-13-29-15-12-28-17-29/h4-12,15,17,23H,2-3,13-14,16H2,1H3,(H,31,32)/p+1. The molecule has 1 atom stereocenters. The molecular weight excluding hydrogens is 498 g/mol. The molecule has 1 aliphatic heterocycles. The SMILES string of the molecule is CCCOc1ccc(/C(O)=C2\C(=O)C(=O)N(CCC[n+]3cc[nH]c3)C2c2ccc(Br)cc2)cc1. The van der Waals surface area contributed by atoms with Crippen molar-refractivity contribution in [3.05, 3.63) is 88.4 Å². The lowest BCUT2D eigenvalue weighted by Gasteiger charge is -2.25. The minimum atomic E-state index is -0.675. The van der Waals surface area contributed by atoms with Gasteiger partial charge in [0.2, 0.25) is 6.33 Å². The Hall–Kier alpha value is -3.39. The van der Waals surface area contributed by atoms with Gasteiger partial charge in [0.1, 0.15) is 23.9 Å². The summed E-state index contributed by atoms with van der Waals surface area (Å²) in [5.41, 5.74) is 1.33. The number of H-pyrrole nitrogens is 1. The molecule has 0 radical (unpaired) electrons. The molecule has 2 heterocycles. The smallest absolute Gasteiger partial charge is 0.295 e. The molecule has 1 amide bonds. The fraction of sp³-hybridized carbons (Fsp3) is 0.269. The monoisotopic (exact) mass is 524 g/mol. The van der Waals surface area contributed by atoms with E-state index in [0.29, 0.717) is 37.4 Å². The number of aliphatic hydroxyl groups is 1. The van der Waals surface area contributed by atoms with Crippen molar-refractivity contribution in [2.75, 3.05) is 13.2 Å². The van der Waals surface area contributed by atoms with E-state index in [4.69, 9.17) is 4.74 Å². The fourth-order valence-corrected chi connectivity index (χ4v) is 4.33. The van der Waals surface area contributed by atoms with Crippen LogP contribution in [0.1, 0.15) is 36.9 Å². The lowest BCUT2D eigenvalue weighted by Crippen LogP contribution is -2.36. The van der Waals surface area contributed by atoms with Gasteiger partial charge >= 0.3 is 0 Å². The summed E-state index contributed by atoms with van der Waals surface area (Å²) in [6, 6.07) is 13.7. The number of ketones is 1. The normalized spacial score (nSPS) is 17.4. The summed E-state index contributed by atoms with van der Waals surface area (Å²) in [5, 5.41) is 11.2. The fourth-order valence-electron chi connectivity index (χ4n) is 4.07. The lowest BCUT2D eigenvalue weighted by atomic mass is 9.95. The van der Waals surface area contributed by atoms with Crippen molar-refractivity contribution < 1.29 is 24.0 Å². The average molecular weight is 525 g/mol. The molecule has 176 valence electrons. The maximum Gasteiger partial charge on any atom is 0.295 e. The van der Waals surface area contributed by atoms with Gasteiger partial charge in [-0.15, -0.1) is 0 Å². The van der Waals surface area contributed by atoms with Crippen LogP contribution in [0.3, 0.4) is 0 Å². The second-order valence-electron chi connectivity index (χ2n) is 8.12. The summed E-state index contributed by atoms with van der Waals surface area (Å²) >= 11 is 3.44. The van der Waals surface area contributed by atoms with Gasteiger partial charge in [-0.05, 0) is 48.4 Å². The van der Waals surface area contributed by atoms with Crippen LogP contribution in [0.2, 0.25) is 0 Å². The summed E-state index contributed by atoms with van der Waals surface area (Å²) in [4.78, 5) is 30.7. The van der Waals surface area contributed by atoms with Gasteiger partial charge in [0.25, 0.3) is 11.7 Å². The van der Waals surface area contributed by atoms with Gasteiger partial charge in [-0.25, -0.2) is 4.57 Å². The molecule has 4 rings (SSSR count). The van der Waals surface area contributed by atoms with Gasteiger partial charge in [0.15, 0.2) is 0 Å². The van der Waals surface area contributed by atoms with Crippen LogP contribution in [0.15, 0.2) is 77.3 Å². The summed E-state index contributed by atoms with van der Waals surface area (Å²) in [6.07, 6.45) is 7.13. The Balaban J connectivity index is 1.67. The second kappa shape index (κ2) is 10.7. The third-order valence-corrected chi connectivity index (χ3v) is 6.27. The predicted molar refractivity (Wildman–Crippen MR) is 131 cm³/mol. The number of aryl methyl sites for hydroxylation is 1. The van der Waals surface area contributed by atoms with Crippen LogP contribution >= 0.6 is 15.9 Å². The largest absolute Gasteiger partial charge is 0.507 e. The van der Waals surface area contributed by atoms with E-state index >= 15 is 0 Å². The van der Waals surface area contributed by atoms with Crippen molar-refractivity contribution in [1.29, 1.82) is 0 Å². The van der Waals surface area contributed by atoms with E-state index in [9.17, 15) is 14.7 Å². The second-order valence-corrected chi connectivity index (χ2v) is 9.04. The molecule has 1 unspecified atom stereocenters. The Morgan fingerprint density at radius 3 is 2.53 bits per heavy atom. The Kier molecular flexibility index (Phi) is 7.47. The van der Waals surface area contributed by atoms with Gasteiger partial charge in [0.05, 0.1) is 24.8 Å². The molecule has 2 aromatic carbocycles. The third-order valence-electron chi connectivity index (χ3n) is 5.74. The first-order chi connectivity index (χ1) is 16.5. The van der Waals surface area contributed by atoms with E-state index < -0.39 is 17.7 Å². The lowest BCUT2D eigenvalue weighted by molar-refractivity contribution is -0.695. The van der Waals surface area contributed by atoms with Crippen LogP contribution in [-0.2, 0) is 16.1 Å². The molecule has 0 saturated carbocycles. The number of carbonyl (C=O) groups excluding carboxylic acids is 2. The maximum absolute atomic E-state index is 13.1. The molecule has 0 bridgehead atoms. The molecular formula is C26H27BrN3O4+. The van der Waals surface area contributed by atoms with Crippen LogP contribution in [0.25, 0.3) is 5.76 Å². The molecule has 0 aliphatic carbocycles. The van der Waals surface area contributed by atoms with Crippen molar-refractivity contribution in [2.24, 2.45) is 0 Å². The first kappa shape index (κ1) is 23.8. The molecule has 1 aromatic heterocycles. The topological polar surface area (TPSA) is 86.5 Å². The van der Waals surface area contributed by atoms with E-state index in [1.165, 1.54) is 0 Å². The highest BCUT2D eigenvalue weighted by Gasteiger charge is 2.45. The zero-order valence-electron chi connectivity index (χ0n) is 18.9. The van der Waals surface area contributed by atoms with Crippen LogP contribution in [0.4, 0.5) is 0 Å². The molecule has 2 N–H and O–H groups in total. The number of aliphatic hydroxyl groups excluding tert-OH is 1. The van der Waals surface area contributed by atoms with Gasteiger partial charge in [-0.1, -0.05) is 35.0 Å². The number of Topliss-reactive ketones (excluding diaryl/α,β-unsaturated/α-hetero) is 1. The molecule has 1 saturated heterocycles. The zero-order chi connectivity index (χ0) is 24.1. The van der Waals surface area contributed by atoms with Crippen molar-refractivity contribution in [1.82, 2.24) is 9.88 Å². The van der Waals surface area contributed by atoms with E-state index in [1.54, 1.807) is 29.2 Å². The van der Waals surface area contributed by atoms with E-state index in [0.717, 1.165) is 16.5 Å². The van der Waals surface area contributed by atoms with E-state index in [1.807, 2.05) is 54.5 Å². The Morgan fingerprint density at radius 1 is 1.15 bits per heavy atom. The quantitative estimate of drug-likeness (QED) is 0.188. The predicted octanol–water partition coefficient (Wildman–Crippen LogP) is 4.37. The van der Waals surface area contributed by atoms with Crippen LogP contribution in [0, 0.1) is 0 Å². The Labute approximate surface area is 206 Å². The van der Waals surface area contributed by atoms with Gasteiger partial charge < -0.3 is 14.7 Å². The number of aromatic nitrogens is 2. The van der Waals surface area contributed by atoms with Crippen molar-refractivity contribution in [2.45, 2.75) is 32.4 Å². The first-order valence-corrected chi connectivity index (χ1v) is 12.1. The molecule has 3 aromatic rings. The number of nitrogens with zero attached hydrogens (tertiary/aromatic N) is 2. The number of halogens is 1. The van der Waals surface area contributed by atoms with Crippen LogP contribution in [0.5, 0.6) is 5.75 Å². The number of benzene rings is 2. The van der Waals surface area contributed by atoms with Crippen molar-refractivity contribution in [3.63, 3.8) is 0 Å². The molecule has 0 spiro atoms. The summed E-state index contributed by atoms with van der Waals surface area (Å²) in [5.74, 6) is -0.774. The number of imidazole rings is 1. The molecule has 7 nitrogen and oxygen atoms in total. The number of amides is 1. The molecule has 8 heteroatoms. The summed E-state index contributed by atoms with van der Waals surface area (Å²) in [6.45, 7) is 3.70.